The first-order chi connectivity index (χ1) is 5.52. The Hall–Kier alpha value is -0.530. The molecule has 1 rings (SSSR count). The lowest BCUT2D eigenvalue weighted by atomic mass is 10.3. The van der Waals surface area contributed by atoms with Gasteiger partial charge in [0, 0.05) is 6.07 Å². The van der Waals surface area contributed by atoms with E-state index in [0.717, 1.165) is 0 Å². The van der Waals surface area contributed by atoms with E-state index in [4.69, 9.17) is 0 Å². The van der Waals surface area contributed by atoms with E-state index in [1.807, 2.05) is 0 Å². The lowest BCUT2D eigenvalue weighted by Crippen LogP contribution is -2.11. The maximum absolute atomic E-state index is 12.7. The largest absolute Gasteiger partial charge is 0.317 e. The van der Waals surface area contributed by atoms with Crippen molar-refractivity contribution in [3.63, 3.8) is 0 Å². The van der Waals surface area contributed by atoms with E-state index in [1.165, 1.54) is 22.6 Å². The van der Waals surface area contributed by atoms with Crippen LogP contribution in [0, 0.1) is 9.52 Å². The molecular weight excluding hydrogens is 286 g/mol. The van der Waals surface area contributed by atoms with Crippen LogP contribution in [0.15, 0.2) is 10.9 Å². The van der Waals surface area contributed by atoms with E-state index in [9.17, 15) is 18.0 Å². The summed E-state index contributed by atoms with van der Waals surface area (Å²) in [5.41, 5.74) is -1.48. The van der Waals surface area contributed by atoms with Crippen molar-refractivity contribution >= 4 is 22.6 Å². The number of H-pyrrole nitrogens is 1. The van der Waals surface area contributed by atoms with Gasteiger partial charge in [-0.3, -0.25) is 4.79 Å². The van der Waals surface area contributed by atoms with Gasteiger partial charge in [0.25, 0.3) is 12.0 Å². The second-order valence-corrected chi connectivity index (χ2v) is 3.09. The van der Waals surface area contributed by atoms with Crippen LogP contribution in [0.5, 0.6) is 0 Å². The fourth-order valence-corrected chi connectivity index (χ4v) is 1.47. The first-order valence-corrected chi connectivity index (χ1v) is 3.96. The standard InChI is InChI=1S/C6H3F3INO/c7-2-1-3(12)11-6(10)4(2)5(8)9/h1,5H,(H,11,12). The Bertz CT molecular complexity index is 323. The fourth-order valence-electron chi connectivity index (χ4n) is 0.709. The van der Waals surface area contributed by atoms with Gasteiger partial charge in [0.1, 0.15) is 5.82 Å². The minimum Gasteiger partial charge on any atom is -0.317 e. The van der Waals surface area contributed by atoms with Crippen molar-refractivity contribution in [2.75, 3.05) is 0 Å². The molecule has 2 nitrogen and oxygen atoms in total. The van der Waals surface area contributed by atoms with E-state index in [-0.39, 0.29) is 3.70 Å². The van der Waals surface area contributed by atoms with E-state index in [2.05, 4.69) is 4.98 Å². The molecule has 0 aliphatic rings. The van der Waals surface area contributed by atoms with E-state index in [0.29, 0.717) is 6.07 Å². The topological polar surface area (TPSA) is 32.9 Å². The number of nitrogens with one attached hydrogen (secondary N) is 1. The van der Waals surface area contributed by atoms with Crippen LogP contribution in [0.25, 0.3) is 0 Å². The Labute approximate surface area is 78.9 Å². The smallest absolute Gasteiger partial charge is 0.269 e. The maximum Gasteiger partial charge on any atom is 0.269 e. The van der Waals surface area contributed by atoms with Crippen LogP contribution in [0.2, 0.25) is 0 Å². The van der Waals surface area contributed by atoms with Crippen molar-refractivity contribution in [1.29, 1.82) is 0 Å². The predicted octanol–water partition coefficient (Wildman–Crippen LogP) is 2.06. The van der Waals surface area contributed by atoms with Crippen LogP contribution in [-0.2, 0) is 0 Å². The minimum absolute atomic E-state index is 0.160. The lowest BCUT2D eigenvalue weighted by molar-refractivity contribution is 0.144. The Morgan fingerprint density at radius 3 is 2.50 bits per heavy atom. The van der Waals surface area contributed by atoms with Crippen molar-refractivity contribution in [2.45, 2.75) is 6.43 Å². The van der Waals surface area contributed by atoms with Crippen molar-refractivity contribution in [1.82, 2.24) is 4.98 Å². The first-order valence-electron chi connectivity index (χ1n) is 2.88. The highest BCUT2D eigenvalue weighted by Gasteiger charge is 2.17. The highest BCUT2D eigenvalue weighted by Crippen LogP contribution is 2.24. The molecule has 0 atom stereocenters. The molecule has 0 spiro atoms. The molecule has 0 saturated carbocycles. The van der Waals surface area contributed by atoms with Crippen LogP contribution >= 0.6 is 22.6 Å². The third-order valence-corrected chi connectivity index (χ3v) is 2.05. The van der Waals surface area contributed by atoms with Crippen LogP contribution in [-0.4, -0.2) is 4.98 Å². The van der Waals surface area contributed by atoms with Gasteiger partial charge in [0.15, 0.2) is 0 Å². The molecule has 0 amide bonds. The molecule has 0 fully saturated rings. The zero-order chi connectivity index (χ0) is 9.30. The number of alkyl halides is 2. The van der Waals surface area contributed by atoms with Crippen LogP contribution < -0.4 is 5.56 Å². The van der Waals surface area contributed by atoms with Crippen molar-refractivity contribution in [2.24, 2.45) is 0 Å². The van der Waals surface area contributed by atoms with Gasteiger partial charge < -0.3 is 4.98 Å². The van der Waals surface area contributed by atoms with Crippen LogP contribution in [0.3, 0.4) is 0 Å². The highest BCUT2D eigenvalue weighted by molar-refractivity contribution is 14.1. The van der Waals surface area contributed by atoms with Gasteiger partial charge >= 0.3 is 0 Å². The number of hydrogen-bond donors (Lipinski definition) is 1. The SMILES string of the molecule is O=c1cc(F)c(C(F)F)c(I)[nH]1. The molecule has 12 heavy (non-hydrogen) atoms. The summed E-state index contributed by atoms with van der Waals surface area (Å²) in [5.74, 6) is -1.17. The number of aromatic nitrogens is 1. The van der Waals surface area contributed by atoms with E-state index >= 15 is 0 Å². The van der Waals surface area contributed by atoms with E-state index < -0.39 is 23.4 Å². The zero-order valence-corrected chi connectivity index (χ0v) is 7.73. The number of pyridine rings is 1. The first kappa shape index (κ1) is 9.56. The number of hydrogen-bond acceptors (Lipinski definition) is 1. The highest BCUT2D eigenvalue weighted by atomic mass is 127. The summed E-state index contributed by atoms with van der Waals surface area (Å²) >= 11 is 1.45. The normalized spacial score (nSPS) is 10.8. The van der Waals surface area contributed by atoms with Gasteiger partial charge in [0.05, 0.1) is 9.26 Å². The summed E-state index contributed by atoms with van der Waals surface area (Å²) < 4.78 is 36.6. The minimum atomic E-state index is -2.91. The molecule has 0 aliphatic carbocycles. The van der Waals surface area contributed by atoms with Gasteiger partial charge in [0.2, 0.25) is 0 Å². The summed E-state index contributed by atoms with van der Waals surface area (Å²) in [6.45, 7) is 0. The predicted molar refractivity (Wildman–Crippen MR) is 44.7 cm³/mol. The molecule has 0 unspecified atom stereocenters. The van der Waals surface area contributed by atoms with Crippen molar-refractivity contribution in [3.8, 4) is 0 Å². The summed E-state index contributed by atoms with van der Waals surface area (Å²) in [5, 5.41) is 0. The molecule has 1 heterocycles. The zero-order valence-electron chi connectivity index (χ0n) is 5.57. The third kappa shape index (κ3) is 1.79. The number of aromatic amines is 1. The van der Waals surface area contributed by atoms with E-state index in [1.54, 1.807) is 0 Å². The van der Waals surface area contributed by atoms with Crippen LogP contribution in [0.4, 0.5) is 13.2 Å². The van der Waals surface area contributed by atoms with Crippen molar-refractivity contribution < 1.29 is 13.2 Å². The molecule has 6 heteroatoms. The molecule has 0 aromatic carbocycles. The number of rotatable bonds is 1. The second-order valence-electron chi connectivity index (χ2n) is 2.01. The van der Waals surface area contributed by atoms with Crippen molar-refractivity contribution in [3.05, 3.63) is 31.5 Å². The number of halogens is 4. The molecule has 66 valence electrons. The summed E-state index contributed by atoms with van der Waals surface area (Å²) in [7, 11) is 0. The second kappa shape index (κ2) is 3.46. The molecule has 1 aromatic heterocycles. The summed E-state index contributed by atoms with van der Waals surface area (Å²) in [4.78, 5) is 12.6. The lowest BCUT2D eigenvalue weighted by Gasteiger charge is -2.02. The summed E-state index contributed by atoms with van der Waals surface area (Å²) in [6, 6.07) is 0.504. The molecule has 0 bridgehead atoms. The van der Waals surface area contributed by atoms with Gasteiger partial charge in [-0.1, -0.05) is 0 Å². The van der Waals surface area contributed by atoms with Gasteiger partial charge in [-0.15, -0.1) is 0 Å². The molecular formula is C6H3F3INO. The van der Waals surface area contributed by atoms with Crippen LogP contribution in [0.1, 0.15) is 12.0 Å². The molecule has 0 aliphatic heterocycles. The average molecular weight is 289 g/mol. The van der Waals surface area contributed by atoms with Gasteiger partial charge in [-0.25, -0.2) is 13.2 Å². The fraction of sp³-hybridized carbons (Fsp3) is 0.167. The third-order valence-electron chi connectivity index (χ3n) is 1.20. The molecule has 1 N–H and O–H groups in total. The Morgan fingerprint density at radius 2 is 2.08 bits per heavy atom. The van der Waals surface area contributed by atoms with Gasteiger partial charge in [-0.05, 0) is 22.6 Å². The molecule has 1 aromatic rings. The Kier molecular flexibility index (Phi) is 2.76. The Morgan fingerprint density at radius 1 is 1.50 bits per heavy atom. The average Bonchev–Trinajstić information content (AvgIpc) is 1.82. The molecule has 0 saturated heterocycles. The maximum atomic E-state index is 12.7. The monoisotopic (exact) mass is 289 g/mol. The van der Waals surface area contributed by atoms with Gasteiger partial charge in [-0.2, -0.15) is 0 Å². The molecule has 0 radical (unpaired) electrons. The summed E-state index contributed by atoms with van der Waals surface area (Å²) in [6.07, 6.45) is -2.91. The quantitative estimate of drug-likeness (QED) is 0.623. The Balaban J connectivity index is 3.38.